The second kappa shape index (κ2) is 5.65. The molecule has 0 aromatic rings. The lowest BCUT2D eigenvalue weighted by atomic mass is 10.2. The molecule has 0 aliphatic heterocycles. The molecule has 11 heavy (non-hydrogen) atoms. The molecule has 0 unspecified atom stereocenters. The van der Waals surface area contributed by atoms with E-state index in [2.05, 4.69) is 4.74 Å². The number of carbonyl (C=O) groups is 2. The summed E-state index contributed by atoms with van der Waals surface area (Å²) < 4.78 is 4.36. The zero-order chi connectivity index (χ0) is 8.69. The van der Waals surface area contributed by atoms with Gasteiger partial charge in [-0.15, -0.1) is 0 Å². The Labute approximate surface area is 66.0 Å². The van der Waals surface area contributed by atoms with E-state index in [0.717, 1.165) is 0 Å². The fourth-order valence-corrected chi connectivity index (χ4v) is 0.597. The molecule has 3 nitrogen and oxygen atoms in total. The Hall–Kier alpha value is -1.12. The summed E-state index contributed by atoms with van der Waals surface area (Å²) in [5.74, 6) is -0.388. The van der Waals surface area contributed by atoms with Gasteiger partial charge in [-0.25, -0.2) is 0 Å². The average molecular weight is 156 g/mol. The predicted molar refractivity (Wildman–Crippen MR) is 41.1 cm³/mol. The number of ether oxygens (including phenoxy) is 1. The van der Waals surface area contributed by atoms with Crippen LogP contribution in [0.15, 0.2) is 12.2 Å². The molecule has 0 radical (unpaired) electrons. The van der Waals surface area contributed by atoms with E-state index in [9.17, 15) is 9.59 Å². The van der Waals surface area contributed by atoms with Crippen LogP contribution in [0.2, 0.25) is 0 Å². The highest BCUT2D eigenvalue weighted by Gasteiger charge is 2.02. The minimum absolute atomic E-state index is 0.0436. The van der Waals surface area contributed by atoms with E-state index in [-0.39, 0.29) is 24.6 Å². The molecule has 0 aromatic carbocycles. The minimum Gasteiger partial charge on any atom is -0.469 e. The molecule has 0 amide bonds. The van der Waals surface area contributed by atoms with E-state index in [4.69, 9.17) is 0 Å². The number of allylic oxidation sites excluding steroid dienone is 2. The Morgan fingerprint density at radius 1 is 1.36 bits per heavy atom. The van der Waals surface area contributed by atoms with Crippen molar-refractivity contribution in [1.29, 1.82) is 0 Å². The third-order valence-electron chi connectivity index (χ3n) is 1.16. The number of esters is 1. The van der Waals surface area contributed by atoms with Crippen molar-refractivity contribution in [2.75, 3.05) is 7.11 Å². The fraction of sp³-hybridized carbons (Fsp3) is 0.500. The van der Waals surface area contributed by atoms with Gasteiger partial charge in [-0.2, -0.15) is 0 Å². The lowest BCUT2D eigenvalue weighted by molar-refractivity contribution is -0.141. The molecule has 0 atom stereocenters. The first kappa shape index (κ1) is 9.88. The number of hydrogen-bond acceptors (Lipinski definition) is 3. The summed E-state index contributed by atoms with van der Waals surface area (Å²) in [6, 6.07) is 0. The van der Waals surface area contributed by atoms with Crippen molar-refractivity contribution in [2.45, 2.75) is 19.8 Å². The van der Waals surface area contributed by atoms with Crippen molar-refractivity contribution in [3.8, 4) is 0 Å². The van der Waals surface area contributed by atoms with Crippen LogP contribution in [0.25, 0.3) is 0 Å². The van der Waals surface area contributed by atoms with Gasteiger partial charge in [-0.05, 0) is 13.0 Å². The van der Waals surface area contributed by atoms with Crippen LogP contribution in [0, 0.1) is 0 Å². The third-order valence-corrected chi connectivity index (χ3v) is 1.16. The van der Waals surface area contributed by atoms with Gasteiger partial charge in [-0.1, -0.05) is 6.08 Å². The largest absolute Gasteiger partial charge is 0.469 e. The maximum atomic E-state index is 10.8. The Balaban J connectivity index is 3.54. The van der Waals surface area contributed by atoms with Crippen molar-refractivity contribution in [3.05, 3.63) is 12.2 Å². The van der Waals surface area contributed by atoms with E-state index < -0.39 is 0 Å². The molecule has 0 N–H and O–H groups in total. The highest BCUT2D eigenvalue weighted by atomic mass is 16.5. The second-order valence-electron chi connectivity index (χ2n) is 2.04. The van der Waals surface area contributed by atoms with E-state index in [1.165, 1.54) is 13.2 Å². The molecule has 0 saturated heterocycles. The highest BCUT2D eigenvalue weighted by molar-refractivity contribution is 5.91. The maximum Gasteiger partial charge on any atom is 0.305 e. The van der Waals surface area contributed by atoms with Crippen molar-refractivity contribution in [2.24, 2.45) is 0 Å². The van der Waals surface area contributed by atoms with Crippen LogP contribution in [-0.2, 0) is 14.3 Å². The third kappa shape index (κ3) is 5.33. The Bertz CT molecular complexity index is 170. The SMILES string of the molecule is CC=CC(=O)CCC(=O)OC. The van der Waals surface area contributed by atoms with Crippen molar-refractivity contribution >= 4 is 11.8 Å². The molecule has 3 heteroatoms. The normalized spacial score (nSPS) is 10.0. The molecular weight excluding hydrogens is 144 g/mol. The number of methoxy groups -OCH3 is 1. The Kier molecular flexibility index (Phi) is 5.07. The molecule has 0 aromatic heterocycles. The summed E-state index contributed by atoms with van der Waals surface area (Å²) in [6.45, 7) is 1.76. The van der Waals surface area contributed by atoms with Gasteiger partial charge in [0.25, 0.3) is 0 Å². The zero-order valence-electron chi connectivity index (χ0n) is 6.79. The molecule has 0 heterocycles. The van der Waals surface area contributed by atoms with Gasteiger partial charge in [0, 0.05) is 6.42 Å². The van der Waals surface area contributed by atoms with Gasteiger partial charge in [0.15, 0.2) is 5.78 Å². The van der Waals surface area contributed by atoms with Gasteiger partial charge in [-0.3, -0.25) is 9.59 Å². The molecular formula is C8H12O3. The van der Waals surface area contributed by atoms with Crippen LogP contribution in [0.5, 0.6) is 0 Å². The van der Waals surface area contributed by atoms with Crippen LogP contribution in [-0.4, -0.2) is 18.9 Å². The van der Waals surface area contributed by atoms with Crippen molar-refractivity contribution in [1.82, 2.24) is 0 Å². The van der Waals surface area contributed by atoms with Gasteiger partial charge in [0.1, 0.15) is 0 Å². The van der Waals surface area contributed by atoms with E-state index in [1.807, 2.05) is 0 Å². The molecule has 0 saturated carbocycles. The van der Waals surface area contributed by atoms with Crippen molar-refractivity contribution < 1.29 is 14.3 Å². The quantitative estimate of drug-likeness (QED) is 0.452. The molecule has 0 fully saturated rings. The van der Waals surface area contributed by atoms with Crippen LogP contribution < -0.4 is 0 Å². The van der Waals surface area contributed by atoms with Gasteiger partial charge < -0.3 is 4.74 Å². The van der Waals surface area contributed by atoms with Gasteiger partial charge in [0.2, 0.25) is 0 Å². The van der Waals surface area contributed by atoms with Crippen LogP contribution in [0.3, 0.4) is 0 Å². The lowest BCUT2D eigenvalue weighted by Crippen LogP contribution is -2.03. The first-order valence-electron chi connectivity index (χ1n) is 3.43. The molecule has 0 aliphatic rings. The summed E-state index contributed by atoms with van der Waals surface area (Å²) >= 11 is 0. The zero-order valence-corrected chi connectivity index (χ0v) is 6.79. The summed E-state index contributed by atoms with van der Waals surface area (Å²) in [5, 5.41) is 0. The van der Waals surface area contributed by atoms with Crippen molar-refractivity contribution in [3.63, 3.8) is 0 Å². The maximum absolute atomic E-state index is 10.8. The summed E-state index contributed by atoms with van der Waals surface area (Å²) in [7, 11) is 1.31. The molecule has 0 bridgehead atoms. The first-order chi connectivity index (χ1) is 5.20. The molecule has 62 valence electrons. The minimum atomic E-state index is -0.345. The number of ketones is 1. The average Bonchev–Trinajstić information content (AvgIpc) is 2.01. The second-order valence-corrected chi connectivity index (χ2v) is 2.04. The fourth-order valence-electron chi connectivity index (χ4n) is 0.597. The first-order valence-corrected chi connectivity index (χ1v) is 3.43. The molecule has 0 rings (SSSR count). The summed E-state index contributed by atoms with van der Waals surface area (Å²) in [4.78, 5) is 21.3. The Morgan fingerprint density at radius 3 is 2.45 bits per heavy atom. The standard InChI is InChI=1S/C8H12O3/c1-3-4-7(9)5-6-8(10)11-2/h3-4H,5-6H2,1-2H3. The van der Waals surface area contributed by atoms with E-state index in [1.54, 1.807) is 13.0 Å². The smallest absolute Gasteiger partial charge is 0.305 e. The number of carbonyl (C=O) groups excluding carboxylic acids is 2. The van der Waals surface area contributed by atoms with Gasteiger partial charge in [0.05, 0.1) is 13.5 Å². The number of hydrogen-bond donors (Lipinski definition) is 0. The van der Waals surface area contributed by atoms with E-state index in [0.29, 0.717) is 0 Å². The highest BCUT2D eigenvalue weighted by Crippen LogP contribution is 1.94. The topological polar surface area (TPSA) is 43.4 Å². The van der Waals surface area contributed by atoms with E-state index >= 15 is 0 Å². The van der Waals surface area contributed by atoms with Gasteiger partial charge >= 0.3 is 5.97 Å². The number of rotatable bonds is 4. The molecule has 0 aliphatic carbocycles. The summed E-state index contributed by atoms with van der Waals surface area (Å²) in [6.07, 6.45) is 3.50. The monoisotopic (exact) mass is 156 g/mol. The van der Waals surface area contributed by atoms with Crippen LogP contribution in [0.4, 0.5) is 0 Å². The Morgan fingerprint density at radius 2 is 2.00 bits per heavy atom. The molecule has 0 spiro atoms. The summed E-state index contributed by atoms with van der Waals surface area (Å²) in [5.41, 5.74) is 0. The predicted octanol–water partition coefficient (Wildman–Crippen LogP) is 1.08. The lowest BCUT2D eigenvalue weighted by Gasteiger charge is -1.94. The van der Waals surface area contributed by atoms with Crippen LogP contribution >= 0.6 is 0 Å². The van der Waals surface area contributed by atoms with Crippen LogP contribution in [0.1, 0.15) is 19.8 Å².